The summed E-state index contributed by atoms with van der Waals surface area (Å²) in [6, 6.07) is 6.46. The van der Waals surface area contributed by atoms with Crippen molar-refractivity contribution in [1.82, 2.24) is 14.5 Å². The summed E-state index contributed by atoms with van der Waals surface area (Å²) in [5.41, 5.74) is 6.67. The van der Waals surface area contributed by atoms with Gasteiger partial charge in [-0.3, -0.25) is 14.4 Å². The lowest BCUT2D eigenvalue weighted by Crippen LogP contribution is -2.61. The van der Waals surface area contributed by atoms with Gasteiger partial charge in [0.25, 0.3) is 5.78 Å². The van der Waals surface area contributed by atoms with Crippen LogP contribution in [-0.4, -0.2) is 85.1 Å². The summed E-state index contributed by atoms with van der Waals surface area (Å²) in [4.78, 5) is 53.8. The molecule has 12 heteroatoms. The summed E-state index contributed by atoms with van der Waals surface area (Å²) >= 11 is 0. The predicted octanol–water partition coefficient (Wildman–Crippen LogP) is 1.11. The van der Waals surface area contributed by atoms with E-state index in [0.29, 0.717) is 50.5 Å². The third-order valence-electron chi connectivity index (χ3n) is 8.20. The Bertz CT molecular complexity index is 1180. The molecule has 0 bridgehead atoms. The van der Waals surface area contributed by atoms with Crippen molar-refractivity contribution >= 4 is 33.6 Å². The van der Waals surface area contributed by atoms with Gasteiger partial charge in [0.05, 0.1) is 18.9 Å². The quantitative estimate of drug-likeness (QED) is 0.225. The van der Waals surface area contributed by atoms with Crippen molar-refractivity contribution < 1.29 is 32.3 Å². The molecule has 0 radical (unpaired) electrons. The maximum absolute atomic E-state index is 13.5. The van der Waals surface area contributed by atoms with E-state index in [1.807, 2.05) is 6.92 Å². The van der Waals surface area contributed by atoms with Gasteiger partial charge in [0.1, 0.15) is 12.1 Å². The lowest BCUT2D eigenvalue weighted by molar-refractivity contribution is -0.156. The molecule has 40 heavy (non-hydrogen) atoms. The number of ketones is 1. The Labute approximate surface area is 235 Å². The zero-order valence-corrected chi connectivity index (χ0v) is 23.8. The van der Waals surface area contributed by atoms with E-state index in [1.165, 1.54) is 9.21 Å². The largest absolute Gasteiger partial charge is 0.460 e. The first-order chi connectivity index (χ1) is 19.1. The van der Waals surface area contributed by atoms with Gasteiger partial charge in [-0.05, 0) is 56.4 Å². The molecule has 11 nitrogen and oxygen atoms in total. The van der Waals surface area contributed by atoms with Crippen LogP contribution in [0.2, 0.25) is 0 Å². The molecule has 1 saturated carbocycles. The molecule has 0 spiro atoms. The summed E-state index contributed by atoms with van der Waals surface area (Å²) in [5.74, 6) is -3.18. The number of hydrogen-bond donors (Lipinski definition) is 2. The van der Waals surface area contributed by atoms with Gasteiger partial charge in [0, 0.05) is 18.6 Å². The Balaban J connectivity index is 1.43. The minimum absolute atomic E-state index is 0.0156. The van der Waals surface area contributed by atoms with Crippen LogP contribution in [0, 0.1) is 5.92 Å². The van der Waals surface area contributed by atoms with E-state index in [-0.39, 0.29) is 37.4 Å². The minimum Gasteiger partial charge on any atom is -0.460 e. The van der Waals surface area contributed by atoms with Crippen molar-refractivity contribution in [2.75, 3.05) is 19.7 Å². The first-order valence-electron chi connectivity index (χ1n) is 14.2. The number of hydrogen-bond acceptors (Lipinski definition) is 8. The van der Waals surface area contributed by atoms with Crippen LogP contribution in [-0.2, 0) is 39.7 Å². The minimum atomic E-state index is -3.74. The lowest BCUT2D eigenvalue weighted by atomic mass is 9.80. The number of sulfonamides is 1. The Morgan fingerprint density at radius 3 is 2.45 bits per heavy atom. The predicted molar refractivity (Wildman–Crippen MR) is 147 cm³/mol. The number of amides is 2. The van der Waals surface area contributed by atoms with E-state index in [2.05, 4.69) is 5.32 Å². The molecule has 3 N–H and O–H groups in total. The van der Waals surface area contributed by atoms with Crippen LogP contribution in [0.5, 0.6) is 0 Å². The zero-order chi connectivity index (χ0) is 28.9. The van der Waals surface area contributed by atoms with E-state index < -0.39 is 51.7 Å². The Kier molecular flexibility index (Phi) is 9.96. The van der Waals surface area contributed by atoms with Gasteiger partial charge in [-0.15, -0.1) is 0 Å². The molecule has 2 heterocycles. The molecule has 4 rings (SSSR count). The van der Waals surface area contributed by atoms with Crippen LogP contribution >= 0.6 is 0 Å². The Hall–Kier alpha value is -2.83. The second-order valence-electron chi connectivity index (χ2n) is 11.1. The molecule has 220 valence electrons. The molecule has 2 amide bonds. The molecule has 2 saturated heterocycles. The molecule has 3 unspecified atom stereocenters. The molecule has 2 aliphatic heterocycles. The highest BCUT2D eigenvalue weighted by molar-refractivity contribution is 7.88. The van der Waals surface area contributed by atoms with Crippen molar-refractivity contribution in [2.45, 2.75) is 88.2 Å². The first kappa shape index (κ1) is 30.1. The van der Waals surface area contributed by atoms with Crippen molar-refractivity contribution in [3.05, 3.63) is 35.9 Å². The zero-order valence-electron chi connectivity index (χ0n) is 23.0. The highest BCUT2D eigenvalue weighted by Crippen LogP contribution is 2.31. The smallest absolute Gasteiger partial charge is 0.376 e. The van der Waals surface area contributed by atoms with Gasteiger partial charge in [0.2, 0.25) is 21.8 Å². The maximum atomic E-state index is 13.5. The summed E-state index contributed by atoms with van der Waals surface area (Å²) in [7, 11) is -3.74. The number of unbranched alkanes of at least 4 members (excludes halogenated alkanes) is 1. The molecule has 1 aromatic rings. The number of ether oxygens (including phenoxy) is 1. The molecule has 3 aliphatic rings. The number of Topliss-reactive ketones (excluding diaryl/α,β-unsaturated/α-hetero) is 1. The SMILES string of the molecule is CCCCOC(=O)C(=O)C(NC(=O)C1CCC2CN(S(=O)(=O)Cc3ccccc3)CC(=O)N21)C1CCC(N)CC1. The van der Waals surface area contributed by atoms with Gasteiger partial charge in [-0.1, -0.05) is 43.7 Å². The topological polar surface area (TPSA) is 156 Å². The van der Waals surface area contributed by atoms with Crippen LogP contribution in [0.4, 0.5) is 0 Å². The second kappa shape index (κ2) is 13.2. The molecule has 0 aromatic heterocycles. The Morgan fingerprint density at radius 1 is 1.07 bits per heavy atom. The van der Waals surface area contributed by atoms with Crippen LogP contribution in [0.1, 0.15) is 63.9 Å². The van der Waals surface area contributed by atoms with E-state index in [1.54, 1.807) is 30.3 Å². The van der Waals surface area contributed by atoms with Gasteiger partial charge < -0.3 is 20.7 Å². The van der Waals surface area contributed by atoms with E-state index in [9.17, 15) is 27.6 Å². The molecular weight excluding hydrogens is 536 g/mol. The van der Waals surface area contributed by atoms with Crippen LogP contribution < -0.4 is 11.1 Å². The highest BCUT2D eigenvalue weighted by Gasteiger charge is 2.48. The fourth-order valence-corrected chi connectivity index (χ4v) is 7.45. The number of esters is 1. The van der Waals surface area contributed by atoms with E-state index in [0.717, 1.165) is 6.42 Å². The highest BCUT2D eigenvalue weighted by atomic mass is 32.2. The van der Waals surface area contributed by atoms with Crippen molar-refractivity contribution in [3.8, 4) is 0 Å². The first-order valence-corrected chi connectivity index (χ1v) is 15.8. The standard InChI is InChI=1S/C28H40N4O7S/c1-2-3-15-39-28(36)26(34)25(20-9-11-21(29)12-10-20)30-27(35)23-14-13-22-16-31(17-24(33)32(22)23)40(37,38)18-19-7-5-4-6-8-19/h4-8,20-23,25H,2-3,9-18,29H2,1H3,(H,30,35). The number of fused-ring (bicyclic) bond motifs is 1. The molecule has 1 aliphatic carbocycles. The number of carbonyl (C=O) groups is 4. The average Bonchev–Trinajstić information content (AvgIpc) is 3.37. The van der Waals surface area contributed by atoms with Gasteiger partial charge in [-0.2, -0.15) is 4.31 Å². The maximum Gasteiger partial charge on any atom is 0.376 e. The number of benzene rings is 1. The number of rotatable bonds is 11. The van der Waals surface area contributed by atoms with Gasteiger partial charge in [-0.25, -0.2) is 13.2 Å². The fraction of sp³-hybridized carbons (Fsp3) is 0.643. The van der Waals surface area contributed by atoms with Crippen molar-refractivity contribution in [1.29, 1.82) is 0 Å². The van der Waals surface area contributed by atoms with Crippen LogP contribution in [0.3, 0.4) is 0 Å². The van der Waals surface area contributed by atoms with Gasteiger partial charge in [0.15, 0.2) is 0 Å². The number of carbonyl (C=O) groups excluding carboxylic acids is 4. The Morgan fingerprint density at radius 2 is 1.77 bits per heavy atom. The van der Waals surface area contributed by atoms with Crippen LogP contribution in [0.25, 0.3) is 0 Å². The third kappa shape index (κ3) is 7.08. The number of nitrogens with two attached hydrogens (primary N) is 1. The number of piperazine rings is 1. The summed E-state index contributed by atoms with van der Waals surface area (Å²) in [6.07, 6.45) is 4.77. The molecule has 3 atom stereocenters. The van der Waals surface area contributed by atoms with Gasteiger partial charge >= 0.3 is 5.97 Å². The summed E-state index contributed by atoms with van der Waals surface area (Å²) < 4.78 is 32.5. The molecular formula is C28H40N4O7S. The normalized spacial score (nSPS) is 26.1. The second-order valence-corrected chi connectivity index (χ2v) is 13.1. The average molecular weight is 577 g/mol. The fourth-order valence-electron chi connectivity index (χ4n) is 5.95. The third-order valence-corrected chi connectivity index (χ3v) is 9.97. The molecule has 3 fully saturated rings. The van der Waals surface area contributed by atoms with E-state index in [4.69, 9.17) is 10.5 Å². The summed E-state index contributed by atoms with van der Waals surface area (Å²) in [6.45, 7) is 1.84. The number of nitrogens with one attached hydrogen (secondary N) is 1. The van der Waals surface area contributed by atoms with Crippen molar-refractivity contribution in [2.24, 2.45) is 11.7 Å². The van der Waals surface area contributed by atoms with Crippen molar-refractivity contribution in [3.63, 3.8) is 0 Å². The lowest BCUT2D eigenvalue weighted by Gasteiger charge is -2.39. The monoisotopic (exact) mass is 576 g/mol. The number of nitrogens with zero attached hydrogens (tertiary/aromatic N) is 2. The van der Waals surface area contributed by atoms with E-state index >= 15 is 0 Å². The van der Waals surface area contributed by atoms with Crippen LogP contribution in [0.15, 0.2) is 30.3 Å². The molecule has 1 aromatic carbocycles. The summed E-state index contributed by atoms with van der Waals surface area (Å²) in [5, 5.41) is 2.79.